The molecule has 7 heteroatoms. The van der Waals surface area contributed by atoms with Crippen LogP contribution in [0.25, 0.3) is 11.1 Å². The van der Waals surface area contributed by atoms with Crippen molar-refractivity contribution in [3.05, 3.63) is 64.2 Å². The zero-order valence-electron chi connectivity index (χ0n) is 17.0. The minimum atomic E-state index is -0.0787. The number of aromatic nitrogens is 4. The number of rotatable bonds is 6. The molecule has 0 amide bonds. The smallest absolute Gasteiger partial charge is 0.250 e. The monoisotopic (exact) mass is 392 g/mol. The summed E-state index contributed by atoms with van der Waals surface area (Å²) >= 11 is 0. The second-order valence-corrected chi connectivity index (χ2v) is 7.49. The van der Waals surface area contributed by atoms with E-state index in [1.165, 1.54) is 0 Å². The predicted octanol–water partition coefficient (Wildman–Crippen LogP) is 3.05. The molecule has 1 fully saturated rings. The van der Waals surface area contributed by atoms with E-state index in [4.69, 9.17) is 9.47 Å². The van der Waals surface area contributed by atoms with Gasteiger partial charge in [0.1, 0.15) is 11.6 Å². The van der Waals surface area contributed by atoms with Crippen LogP contribution in [0.15, 0.2) is 41.6 Å². The quantitative estimate of drug-likeness (QED) is 0.642. The Hall–Kier alpha value is -3.22. The van der Waals surface area contributed by atoms with Crippen molar-refractivity contribution in [3.63, 3.8) is 0 Å². The first-order chi connectivity index (χ1) is 14.0. The molecule has 1 aliphatic rings. The Morgan fingerprint density at radius 2 is 2.00 bits per heavy atom. The maximum Gasteiger partial charge on any atom is 0.250 e. The van der Waals surface area contributed by atoms with Crippen LogP contribution in [0.3, 0.4) is 0 Å². The van der Waals surface area contributed by atoms with E-state index in [9.17, 15) is 4.79 Å². The minimum Gasteiger partial charge on any atom is -0.495 e. The Labute approximate surface area is 169 Å². The minimum absolute atomic E-state index is 0.0787. The van der Waals surface area contributed by atoms with Crippen molar-refractivity contribution in [2.75, 3.05) is 13.7 Å². The van der Waals surface area contributed by atoms with Gasteiger partial charge in [-0.2, -0.15) is 4.98 Å². The van der Waals surface area contributed by atoms with E-state index in [1.807, 2.05) is 32.2 Å². The Kier molecular flexibility index (Phi) is 5.05. The van der Waals surface area contributed by atoms with E-state index < -0.39 is 0 Å². The lowest BCUT2D eigenvalue weighted by molar-refractivity contribution is 0.285. The largest absolute Gasteiger partial charge is 0.495 e. The van der Waals surface area contributed by atoms with Crippen molar-refractivity contribution in [2.45, 2.75) is 26.2 Å². The highest BCUT2D eigenvalue weighted by atomic mass is 16.5. The molecule has 0 spiro atoms. The lowest BCUT2D eigenvalue weighted by Crippen LogP contribution is -2.16. The summed E-state index contributed by atoms with van der Waals surface area (Å²) in [7, 11) is 3.37. The summed E-state index contributed by atoms with van der Waals surface area (Å²) in [6, 6.07) is 5.55. The Morgan fingerprint density at radius 3 is 2.72 bits per heavy atom. The van der Waals surface area contributed by atoms with Gasteiger partial charge >= 0.3 is 0 Å². The van der Waals surface area contributed by atoms with Gasteiger partial charge in [-0.25, -0.2) is 4.98 Å². The molecule has 0 radical (unpaired) electrons. The number of hydrogen-bond donors (Lipinski definition) is 0. The standard InChI is InChI=1S/C22H24N4O3/c1-13-11-26(3)21(27)8-17(13)19-10-23-14(2)25-22(19)29-12-15-7-18(15)20-6-5-16(28-4)9-24-20/h5-6,8-11,15,18H,7,12H2,1-4H3/t15-,18+/m1/s1. The van der Waals surface area contributed by atoms with Gasteiger partial charge in [-0.3, -0.25) is 9.78 Å². The predicted molar refractivity (Wildman–Crippen MR) is 109 cm³/mol. The average Bonchev–Trinajstić information content (AvgIpc) is 3.49. The number of nitrogens with zero attached hydrogens (tertiary/aromatic N) is 4. The van der Waals surface area contributed by atoms with Crippen molar-refractivity contribution in [2.24, 2.45) is 13.0 Å². The Morgan fingerprint density at radius 1 is 1.17 bits per heavy atom. The molecule has 3 aromatic rings. The highest BCUT2D eigenvalue weighted by Gasteiger charge is 2.40. The van der Waals surface area contributed by atoms with Crippen molar-refractivity contribution < 1.29 is 9.47 Å². The lowest BCUT2D eigenvalue weighted by atomic mass is 10.1. The van der Waals surface area contributed by atoms with Crippen LogP contribution in [0.5, 0.6) is 11.6 Å². The molecule has 0 unspecified atom stereocenters. The molecule has 3 aromatic heterocycles. The lowest BCUT2D eigenvalue weighted by Gasteiger charge is -2.13. The van der Waals surface area contributed by atoms with Gasteiger partial charge in [-0.05, 0) is 43.5 Å². The maximum absolute atomic E-state index is 12.1. The third-order valence-electron chi connectivity index (χ3n) is 5.32. The third-order valence-corrected chi connectivity index (χ3v) is 5.32. The summed E-state index contributed by atoms with van der Waals surface area (Å²) in [5.74, 6) is 2.69. The van der Waals surface area contributed by atoms with Crippen molar-refractivity contribution >= 4 is 0 Å². The zero-order chi connectivity index (χ0) is 20.5. The molecule has 1 aliphatic carbocycles. The normalized spacial score (nSPS) is 17.8. The molecular weight excluding hydrogens is 368 g/mol. The topological polar surface area (TPSA) is 79.1 Å². The van der Waals surface area contributed by atoms with Gasteiger partial charge in [0.05, 0.1) is 25.5 Å². The molecule has 4 rings (SSSR count). The number of hydrogen-bond acceptors (Lipinski definition) is 6. The van der Waals surface area contributed by atoms with Crippen LogP contribution < -0.4 is 15.0 Å². The van der Waals surface area contributed by atoms with Gasteiger partial charge in [0.2, 0.25) is 5.88 Å². The molecule has 0 N–H and O–H groups in total. The number of aryl methyl sites for hydroxylation is 3. The fourth-order valence-corrected chi connectivity index (χ4v) is 3.51. The fourth-order valence-electron chi connectivity index (χ4n) is 3.51. The van der Waals surface area contributed by atoms with E-state index in [1.54, 1.807) is 37.2 Å². The van der Waals surface area contributed by atoms with E-state index in [2.05, 4.69) is 15.0 Å². The first-order valence-electron chi connectivity index (χ1n) is 9.60. The average molecular weight is 392 g/mol. The van der Waals surface area contributed by atoms with Gasteiger partial charge in [-0.1, -0.05) is 0 Å². The molecule has 0 bridgehead atoms. The second kappa shape index (κ2) is 7.66. The second-order valence-electron chi connectivity index (χ2n) is 7.49. The summed E-state index contributed by atoms with van der Waals surface area (Å²) in [4.78, 5) is 25.4. The molecule has 29 heavy (non-hydrogen) atoms. The highest BCUT2D eigenvalue weighted by molar-refractivity contribution is 5.70. The van der Waals surface area contributed by atoms with Crippen molar-refractivity contribution in [3.8, 4) is 22.8 Å². The first-order valence-corrected chi connectivity index (χ1v) is 9.60. The van der Waals surface area contributed by atoms with Crippen LogP contribution >= 0.6 is 0 Å². The van der Waals surface area contributed by atoms with Crippen LogP contribution in [-0.4, -0.2) is 33.2 Å². The fraction of sp³-hybridized carbons (Fsp3) is 0.364. The molecule has 0 aliphatic heterocycles. The van der Waals surface area contributed by atoms with E-state index in [-0.39, 0.29) is 5.56 Å². The zero-order valence-corrected chi connectivity index (χ0v) is 17.0. The molecule has 150 valence electrons. The van der Waals surface area contributed by atoms with Crippen LogP contribution in [0.4, 0.5) is 0 Å². The van der Waals surface area contributed by atoms with Gasteiger partial charge in [0, 0.05) is 43.0 Å². The Balaban J connectivity index is 1.52. The molecule has 0 aromatic carbocycles. The number of methoxy groups -OCH3 is 1. The number of pyridine rings is 2. The molecule has 0 saturated heterocycles. The molecule has 7 nitrogen and oxygen atoms in total. The third kappa shape index (κ3) is 3.99. The summed E-state index contributed by atoms with van der Waals surface area (Å²) in [6.07, 6.45) is 6.32. The molecule has 3 heterocycles. The van der Waals surface area contributed by atoms with Gasteiger partial charge in [0.15, 0.2) is 0 Å². The summed E-state index contributed by atoms with van der Waals surface area (Å²) < 4.78 is 12.8. The molecular formula is C22H24N4O3. The van der Waals surface area contributed by atoms with Crippen LogP contribution in [0.1, 0.15) is 29.4 Å². The molecule has 1 saturated carbocycles. The summed E-state index contributed by atoms with van der Waals surface area (Å²) in [6.45, 7) is 4.34. The van der Waals surface area contributed by atoms with Gasteiger partial charge in [0.25, 0.3) is 5.56 Å². The van der Waals surface area contributed by atoms with Crippen LogP contribution in [-0.2, 0) is 7.05 Å². The van der Waals surface area contributed by atoms with E-state index in [0.717, 1.165) is 34.6 Å². The van der Waals surface area contributed by atoms with Gasteiger partial charge in [-0.15, -0.1) is 0 Å². The van der Waals surface area contributed by atoms with Crippen molar-refractivity contribution in [1.82, 2.24) is 19.5 Å². The first kappa shape index (κ1) is 19.1. The van der Waals surface area contributed by atoms with Crippen molar-refractivity contribution in [1.29, 1.82) is 0 Å². The number of ether oxygens (including phenoxy) is 2. The van der Waals surface area contributed by atoms with Crippen LogP contribution in [0, 0.1) is 19.8 Å². The Bertz CT molecular complexity index is 1090. The van der Waals surface area contributed by atoms with E-state index in [0.29, 0.717) is 30.1 Å². The van der Waals surface area contributed by atoms with E-state index >= 15 is 0 Å². The molecule has 2 atom stereocenters. The summed E-state index contributed by atoms with van der Waals surface area (Å²) in [5, 5.41) is 0. The van der Waals surface area contributed by atoms with Gasteiger partial charge < -0.3 is 14.0 Å². The maximum atomic E-state index is 12.1. The summed E-state index contributed by atoms with van der Waals surface area (Å²) in [5.41, 5.74) is 3.49. The highest BCUT2D eigenvalue weighted by Crippen LogP contribution is 2.47. The SMILES string of the molecule is COc1ccc([C@H]2C[C@@H]2COc2nc(C)ncc2-c2cc(=O)n(C)cc2C)nc1. The van der Waals surface area contributed by atoms with Crippen LogP contribution in [0.2, 0.25) is 0 Å².